The highest BCUT2D eigenvalue weighted by Crippen LogP contribution is 1.95. The molecule has 7 heteroatoms. The summed E-state index contributed by atoms with van der Waals surface area (Å²) in [5.74, 6) is 1.64. The molecule has 0 aliphatic heterocycles. The fourth-order valence-corrected chi connectivity index (χ4v) is 1.28. The van der Waals surface area contributed by atoms with Gasteiger partial charge in [0.1, 0.15) is 12.9 Å². The van der Waals surface area contributed by atoms with Crippen molar-refractivity contribution < 1.29 is 0 Å². The van der Waals surface area contributed by atoms with Gasteiger partial charge in [0.2, 0.25) is 0 Å². The predicted octanol–water partition coefficient (Wildman–Crippen LogP) is 0.412. The van der Waals surface area contributed by atoms with Gasteiger partial charge < -0.3 is 9.80 Å². The molecular formula is C9H19IN6. The zero-order valence-electron chi connectivity index (χ0n) is 10.4. The van der Waals surface area contributed by atoms with Crippen LogP contribution in [0.3, 0.4) is 0 Å². The number of aryl methyl sites for hydroxylation is 1. The summed E-state index contributed by atoms with van der Waals surface area (Å²) in [7, 11) is 9.70. The van der Waals surface area contributed by atoms with Gasteiger partial charge in [-0.3, -0.25) is 4.68 Å². The van der Waals surface area contributed by atoms with E-state index in [1.165, 1.54) is 0 Å². The van der Waals surface area contributed by atoms with E-state index in [4.69, 9.17) is 0 Å². The van der Waals surface area contributed by atoms with Crippen LogP contribution in [0.1, 0.15) is 5.82 Å². The van der Waals surface area contributed by atoms with Crippen LogP contribution in [0.5, 0.6) is 0 Å². The van der Waals surface area contributed by atoms with Gasteiger partial charge in [0, 0.05) is 35.2 Å². The average Bonchev–Trinajstić information content (AvgIpc) is 2.50. The summed E-state index contributed by atoms with van der Waals surface area (Å²) in [6.07, 6.45) is 1.68. The Bertz CT molecular complexity index is 334. The number of nitrogens with zero attached hydrogens (tertiary/aromatic N) is 6. The summed E-state index contributed by atoms with van der Waals surface area (Å²) in [5.41, 5.74) is 0. The van der Waals surface area contributed by atoms with Gasteiger partial charge in [0.15, 0.2) is 11.8 Å². The first-order chi connectivity index (χ1) is 7.00. The highest BCUT2D eigenvalue weighted by molar-refractivity contribution is 14.0. The summed E-state index contributed by atoms with van der Waals surface area (Å²) < 4.78 is 1.68. The zero-order chi connectivity index (χ0) is 11.4. The third-order valence-corrected chi connectivity index (χ3v) is 1.81. The first-order valence-electron chi connectivity index (χ1n) is 4.74. The Morgan fingerprint density at radius 2 is 1.88 bits per heavy atom. The monoisotopic (exact) mass is 338 g/mol. The standard InChI is InChI=1S/C9H18N6.HI/c1-13(2)9(14(3)4)10-6-8-11-7-15(5)12-8;/h7H,6H2,1-5H3;1H. The Hall–Kier alpha value is -0.860. The number of aliphatic imine (C=N–C) groups is 1. The lowest BCUT2D eigenvalue weighted by atomic mass is 10.6. The first-order valence-corrected chi connectivity index (χ1v) is 4.74. The van der Waals surface area contributed by atoms with Crippen molar-refractivity contribution in [1.29, 1.82) is 0 Å². The Kier molecular flexibility index (Phi) is 6.31. The summed E-state index contributed by atoms with van der Waals surface area (Å²) >= 11 is 0. The molecular weight excluding hydrogens is 319 g/mol. The smallest absolute Gasteiger partial charge is 0.195 e. The Labute approximate surface area is 113 Å². The van der Waals surface area contributed by atoms with Crippen LogP contribution >= 0.6 is 24.0 Å². The average molecular weight is 338 g/mol. The van der Waals surface area contributed by atoms with Gasteiger partial charge in [-0.2, -0.15) is 5.10 Å². The van der Waals surface area contributed by atoms with Crippen molar-refractivity contribution in [1.82, 2.24) is 24.6 Å². The molecule has 0 N–H and O–H groups in total. The molecule has 1 rings (SSSR count). The fourth-order valence-electron chi connectivity index (χ4n) is 1.28. The topological polar surface area (TPSA) is 49.6 Å². The van der Waals surface area contributed by atoms with Crippen LogP contribution < -0.4 is 0 Å². The molecule has 0 unspecified atom stereocenters. The van der Waals surface area contributed by atoms with E-state index >= 15 is 0 Å². The number of aromatic nitrogens is 3. The lowest BCUT2D eigenvalue weighted by Gasteiger charge is -2.22. The zero-order valence-corrected chi connectivity index (χ0v) is 12.7. The molecule has 0 aromatic carbocycles. The maximum Gasteiger partial charge on any atom is 0.195 e. The molecule has 16 heavy (non-hydrogen) atoms. The first kappa shape index (κ1) is 15.1. The third kappa shape index (κ3) is 4.33. The second-order valence-electron chi connectivity index (χ2n) is 3.74. The quantitative estimate of drug-likeness (QED) is 0.445. The van der Waals surface area contributed by atoms with E-state index in [2.05, 4.69) is 15.1 Å². The van der Waals surface area contributed by atoms with Crippen LogP contribution in [0.4, 0.5) is 0 Å². The number of hydrogen-bond acceptors (Lipinski definition) is 3. The lowest BCUT2D eigenvalue weighted by molar-refractivity contribution is 0.478. The fraction of sp³-hybridized carbons (Fsp3) is 0.667. The Morgan fingerprint density at radius 3 is 2.25 bits per heavy atom. The molecule has 0 aliphatic rings. The maximum atomic E-state index is 4.44. The molecule has 0 amide bonds. The molecule has 6 nitrogen and oxygen atoms in total. The molecule has 1 aromatic heterocycles. The van der Waals surface area contributed by atoms with Crippen LogP contribution in [0.2, 0.25) is 0 Å². The van der Waals surface area contributed by atoms with Crippen LogP contribution in [0.15, 0.2) is 11.3 Å². The Morgan fingerprint density at radius 1 is 1.31 bits per heavy atom. The molecule has 0 atom stereocenters. The molecule has 0 radical (unpaired) electrons. The van der Waals surface area contributed by atoms with Gasteiger partial charge in [0.25, 0.3) is 0 Å². The minimum atomic E-state index is 0. The van der Waals surface area contributed by atoms with Crippen molar-refractivity contribution in [3.63, 3.8) is 0 Å². The number of rotatable bonds is 2. The second-order valence-corrected chi connectivity index (χ2v) is 3.74. The molecule has 1 heterocycles. The number of hydrogen-bond donors (Lipinski definition) is 0. The third-order valence-electron chi connectivity index (χ3n) is 1.81. The van der Waals surface area contributed by atoms with E-state index in [0.29, 0.717) is 6.54 Å². The second kappa shape index (κ2) is 6.66. The molecule has 0 aliphatic carbocycles. The van der Waals surface area contributed by atoms with E-state index in [1.54, 1.807) is 11.0 Å². The van der Waals surface area contributed by atoms with Crippen molar-refractivity contribution in [2.45, 2.75) is 6.54 Å². The van der Waals surface area contributed by atoms with Crippen LogP contribution in [0, 0.1) is 0 Å². The van der Waals surface area contributed by atoms with Crippen molar-refractivity contribution >= 4 is 29.9 Å². The summed E-state index contributed by atoms with van der Waals surface area (Å²) in [6.45, 7) is 0.506. The SMILES string of the molecule is CN(C)C(=NCc1ncn(C)n1)N(C)C.I. The van der Waals surface area contributed by atoms with E-state index < -0.39 is 0 Å². The van der Waals surface area contributed by atoms with Gasteiger partial charge in [-0.1, -0.05) is 0 Å². The van der Waals surface area contributed by atoms with E-state index in [1.807, 2.05) is 45.0 Å². The van der Waals surface area contributed by atoms with E-state index in [-0.39, 0.29) is 24.0 Å². The van der Waals surface area contributed by atoms with Gasteiger partial charge in [-0.15, -0.1) is 24.0 Å². The number of guanidine groups is 1. The van der Waals surface area contributed by atoms with Gasteiger partial charge in [-0.25, -0.2) is 9.98 Å². The van der Waals surface area contributed by atoms with Crippen molar-refractivity contribution in [3.05, 3.63) is 12.2 Å². The van der Waals surface area contributed by atoms with Crippen molar-refractivity contribution in [2.24, 2.45) is 12.0 Å². The largest absolute Gasteiger partial charge is 0.349 e. The molecule has 92 valence electrons. The molecule has 0 spiro atoms. The molecule has 0 bridgehead atoms. The minimum absolute atomic E-state index is 0. The lowest BCUT2D eigenvalue weighted by Crippen LogP contribution is -2.35. The highest BCUT2D eigenvalue weighted by atomic mass is 127. The van der Waals surface area contributed by atoms with Gasteiger partial charge in [0.05, 0.1) is 0 Å². The molecule has 0 saturated heterocycles. The Balaban J connectivity index is 0.00000225. The van der Waals surface area contributed by atoms with Crippen LogP contribution in [-0.2, 0) is 13.6 Å². The van der Waals surface area contributed by atoms with Gasteiger partial charge >= 0.3 is 0 Å². The van der Waals surface area contributed by atoms with E-state index in [9.17, 15) is 0 Å². The molecule has 1 aromatic rings. The summed E-state index contributed by atoms with van der Waals surface area (Å²) in [5, 5.41) is 4.16. The minimum Gasteiger partial charge on any atom is -0.349 e. The highest BCUT2D eigenvalue weighted by Gasteiger charge is 2.04. The molecule has 0 saturated carbocycles. The van der Waals surface area contributed by atoms with E-state index in [0.717, 1.165) is 11.8 Å². The summed E-state index contributed by atoms with van der Waals surface area (Å²) in [4.78, 5) is 12.5. The predicted molar refractivity (Wildman–Crippen MR) is 74.9 cm³/mol. The van der Waals surface area contributed by atoms with Crippen LogP contribution in [-0.4, -0.2) is 58.7 Å². The summed E-state index contributed by atoms with van der Waals surface area (Å²) in [6, 6.07) is 0. The normalized spacial score (nSPS) is 9.31. The molecule has 0 fully saturated rings. The van der Waals surface area contributed by atoms with Crippen LogP contribution in [0.25, 0.3) is 0 Å². The number of halogens is 1. The maximum absolute atomic E-state index is 4.44. The van der Waals surface area contributed by atoms with Crippen molar-refractivity contribution in [2.75, 3.05) is 28.2 Å². The van der Waals surface area contributed by atoms with Crippen molar-refractivity contribution in [3.8, 4) is 0 Å². The van der Waals surface area contributed by atoms with Gasteiger partial charge in [-0.05, 0) is 0 Å².